The molecular weight excluding hydrogens is 360 g/mol. The van der Waals surface area contributed by atoms with Crippen LogP contribution in [0, 0.1) is 13.8 Å². The van der Waals surface area contributed by atoms with E-state index in [1.165, 1.54) is 5.56 Å². The van der Waals surface area contributed by atoms with Gasteiger partial charge in [-0.25, -0.2) is 4.98 Å². The van der Waals surface area contributed by atoms with E-state index in [1.54, 1.807) is 7.11 Å². The molecule has 2 N–H and O–H groups in total. The number of aryl methyl sites for hydroxylation is 2. The normalized spacial score (nSPS) is 10.5. The molecule has 2 aromatic carbocycles. The van der Waals surface area contributed by atoms with Crippen LogP contribution in [0.4, 0.5) is 17.5 Å². The van der Waals surface area contributed by atoms with Gasteiger partial charge in [0.2, 0.25) is 5.95 Å². The molecule has 0 aliphatic carbocycles. The lowest BCUT2D eigenvalue weighted by molar-refractivity contribution is 0.414. The van der Waals surface area contributed by atoms with E-state index in [0.717, 1.165) is 46.5 Å². The fourth-order valence-corrected chi connectivity index (χ4v) is 2.99. The topological polar surface area (TPSA) is 59.1 Å². The van der Waals surface area contributed by atoms with Crippen molar-refractivity contribution >= 4 is 29.1 Å². The summed E-state index contributed by atoms with van der Waals surface area (Å²) in [6.07, 6.45) is 0.855. The zero-order valence-electron chi connectivity index (χ0n) is 15.7. The molecule has 3 rings (SSSR count). The molecule has 5 nitrogen and oxygen atoms in total. The number of nitrogens with one attached hydrogen (secondary N) is 2. The predicted octanol–water partition coefficient (Wildman–Crippen LogP) is 5.15. The van der Waals surface area contributed by atoms with Gasteiger partial charge in [0.05, 0.1) is 7.11 Å². The van der Waals surface area contributed by atoms with Crippen molar-refractivity contribution in [2.24, 2.45) is 0 Å². The van der Waals surface area contributed by atoms with Gasteiger partial charge in [-0.05, 0) is 61.7 Å². The average molecular weight is 383 g/mol. The van der Waals surface area contributed by atoms with Crippen molar-refractivity contribution in [1.29, 1.82) is 0 Å². The van der Waals surface area contributed by atoms with Crippen LogP contribution in [0.25, 0.3) is 0 Å². The maximum Gasteiger partial charge on any atom is 0.224 e. The van der Waals surface area contributed by atoms with Gasteiger partial charge in [0.25, 0.3) is 0 Å². The number of halogens is 1. The largest absolute Gasteiger partial charge is 0.497 e. The molecule has 0 saturated heterocycles. The summed E-state index contributed by atoms with van der Waals surface area (Å²) in [6, 6.07) is 15.7. The Labute approximate surface area is 164 Å². The molecule has 0 radical (unpaired) electrons. The van der Waals surface area contributed by atoms with E-state index in [9.17, 15) is 0 Å². The molecule has 0 saturated carbocycles. The number of ether oxygens (including phenoxy) is 1. The van der Waals surface area contributed by atoms with Gasteiger partial charge in [-0.3, -0.25) is 0 Å². The third-order valence-electron chi connectivity index (χ3n) is 4.14. The van der Waals surface area contributed by atoms with Crippen LogP contribution in [0.15, 0.2) is 48.5 Å². The van der Waals surface area contributed by atoms with Gasteiger partial charge in [0, 0.05) is 29.0 Å². The molecular formula is C21H23ClN4O. The van der Waals surface area contributed by atoms with E-state index in [1.807, 2.05) is 56.3 Å². The Kier molecular flexibility index (Phi) is 6.14. The van der Waals surface area contributed by atoms with Gasteiger partial charge in [-0.2, -0.15) is 4.98 Å². The zero-order chi connectivity index (χ0) is 19.2. The highest BCUT2D eigenvalue weighted by Crippen LogP contribution is 2.23. The maximum absolute atomic E-state index is 6.03. The smallest absolute Gasteiger partial charge is 0.224 e. The molecule has 0 bridgehead atoms. The number of rotatable bonds is 7. The van der Waals surface area contributed by atoms with Crippen molar-refractivity contribution < 1.29 is 4.74 Å². The van der Waals surface area contributed by atoms with Crippen molar-refractivity contribution in [3.8, 4) is 5.75 Å². The molecule has 0 unspecified atom stereocenters. The second kappa shape index (κ2) is 8.73. The molecule has 3 aromatic rings. The van der Waals surface area contributed by atoms with Crippen LogP contribution in [0.3, 0.4) is 0 Å². The predicted molar refractivity (Wildman–Crippen MR) is 111 cm³/mol. The Balaban J connectivity index is 1.66. The van der Waals surface area contributed by atoms with Crippen molar-refractivity contribution in [2.75, 3.05) is 24.3 Å². The molecule has 1 heterocycles. The fraction of sp³-hybridized carbons (Fsp3) is 0.238. The summed E-state index contributed by atoms with van der Waals surface area (Å²) < 4.78 is 5.26. The monoisotopic (exact) mass is 382 g/mol. The van der Waals surface area contributed by atoms with Crippen LogP contribution in [0.1, 0.15) is 16.8 Å². The lowest BCUT2D eigenvalue weighted by Gasteiger charge is -2.12. The van der Waals surface area contributed by atoms with E-state index in [-0.39, 0.29) is 0 Å². The van der Waals surface area contributed by atoms with E-state index < -0.39 is 0 Å². The minimum absolute atomic E-state index is 0.604. The highest BCUT2D eigenvalue weighted by atomic mass is 35.5. The highest BCUT2D eigenvalue weighted by molar-refractivity contribution is 6.30. The van der Waals surface area contributed by atoms with Gasteiger partial charge in [0.1, 0.15) is 11.6 Å². The Hall–Kier alpha value is -2.79. The summed E-state index contributed by atoms with van der Waals surface area (Å²) in [6.45, 7) is 4.69. The molecule has 6 heteroatoms. The standard InChI is InChI=1S/C21H23ClN4O/c1-14-11-17(22)7-8-19(14)25-20-12-15(2)24-21(26-20)23-10-9-16-5-4-6-18(13-16)27-3/h4-8,11-13H,9-10H2,1-3H3,(H2,23,24,25,26). The van der Waals surface area contributed by atoms with Crippen LogP contribution < -0.4 is 15.4 Å². The molecule has 140 valence electrons. The summed E-state index contributed by atoms with van der Waals surface area (Å²) in [5.74, 6) is 2.22. The number of hydrogen-bond donors (Lipinski definition) is 2. The van der Waals surface area contributed by atoms with Crippen LogP contribution in [0.5, 0.6) is 5.75 Å². The molecule has 0 aliphatic heterocycles. The minimum Gasteiger partial charge on any atom is -0.497 e. The fourth-order valence-electron chi connectivity index (χ4n) is 2.76. The van der Waals surface area contributed by atoms with E-state index in [4.69, 9.17) is 16.3 Å². The Morgan fingerprint density at radius 2 is 1.89 bits per heavy atom. The number of hydrogen-bond acceptors (Lipinski definition) is 5. The molecule has 0 fully saturated rings. The summed E-state index contributed by atoms with van der Waals surface area (Å²) in [4.78, 5) is 9.04. The molecule has 0 atom stereocenters. The number of aromatic nitrogens is 2. The van der Waals surface area contributed by atoms with E-state index in [0.29, 0.717) is 5.95 Å². The first-order chi connectivity index (χ1) is 13.0. The van der Waals surface area contributed by atoms with Crippen LogP contribution in [-0.4, -0.2) is 23.6 Å². The van der Waals surface area contributed by atoms with Gasteiger partial charge in [-0.15, -0.1) is 0 Å². The number of methoxy groups -OCH3 is 1. The third-order valence-corrected chi connectivity index (χ3v) is 4.37. The molecule has 0 amide bonds. The van der Waals surface area contributed by atoms with Crippen LogP contribution in [0.2, 0.25) is 5.02 Å². The second-order valence-corrected chi connectivity index (χ2v) is 6.77. The summed E-state index contributed by atoms with van der Waals surface area (Å²) >= 11 is 6.03. The van der Waals surface area contributed by atoms with Crippen molar-refractivity contribution in [1.82, 2.24) is 9.97 Å². The number of nitrogens with zero attached hydrogens (tertiary/aromatic N) is 2. The van der Waals surface area contributed by atoms with Gasteiger partial charge in [-0.1, -0.05) is 23.7 Å². The van der Waals surface area contributed by atoms with Crippen LogP contribution >= 0.6 is 11.6 Å². The van der Waals surface area contributed by atoms with Crippen molar-refractivity contribution in [3.05, 3.63) is 70.4 Å². The summed E-state index contributed by atoms with van der Waals surface area (Å²) in [5, 5.41) is 7.35. The average Bonchev–Trinajstić information content (AvgIpc) is 2.64. The zero-order valence-corrected chi connectivity index (χ0v) is 16.5. The minimum atomic E-state index is 0.604. The maximum atomic E-state index is 6.03. The van der Waals surface area contributed by atoms with E-state index >= 15 is 0 Å². The first-order valence-corrected chi connectivity index (χ1v) is 9.17. The third kappa shape index (κ3) is 5.34. The quantitative estimate of drug-likeness (QED) is 0.591. The van der Waals surface area contributed by atoms with Gasteiger partial charge >= 0.3 is 0 Å². The second-order valence-electron chi connectivity index (χ2n) is 6.33. The van der Waals surface area contributed by atoms with E-state index in [2.05, 4.69) is 26.7 Å². The molecule has 27 heavy (non-hydrogen) atoms. The highest BCUT2D eigenvalue weighted by Gasteiger charge is 2.05. The van der Waals surface area contributed by atoms with Crippen molar-refractivity contribution in [3.63, 3.8) is 0 Å². The lowest BCUT2D eigenvalue weighted by Crippen LogP contribution is -2.10. The molecule has 0 aliphatic rings. The Bertz CT molecular complexity index is 930. The first-order valence-electron chi connectivity index (χ1n) is 8.79. The van der Waals surface area contributed by atoms with Gasteiger partial charge < -0.3 is 15.4 Å². The number of anilines is 3. The number of benzene rings is 2. The molecule has 0 spiro atoms. The summed E-state index contributed by atoms with van der Waals surface area (Å²) in [7, 11) is 1.68. The summed E-state index contributed by atoms with van der Waals surface area (Å²) in [5.41, 5.74) is 4.12. The SMILES string of the molecule is COc1cccc(CCNc2nc(C)cc(Nc3ccc(Cl)cc3C)n2)c1. The van der Waals surface area contributed by atoms with Crippen molar-refractivity contribution in [2.45, 2.75) is 20.3 Å². The van der Waals surface area contributed by atoms with Gasteiger partial charge in [0.15, 0.2) is 0 Å². The Morgan fingerprint density at radius 1 is 1.04 bits per heavy atom. The molecule has 1 aromatic heterocycles. The Morgan fingerprint density at radius 3 is 2.67 bits per heavy atom. The van der Waals surface area contributed by atoms with Crippen LogP contribution in [-0.2, 0) is 6.42 Å². The first kappa shape index (κ1) is 19.0. The lowest BCUT2D eigenvalue weighted by atomic mass is 10.1.